The third-order valence-corrected chi connectivity index (χ3v) is 2.82. The number of alkyl carbamates (subject to hydrolysis) is 1. The quantitative estimate of drug-likeness (QED) is 0.758. The number of benzene rings is 1. The molecule has 0 unspecified atom stereocenters. The lowest BCUT2D eigenvalue weighted by molar-refractivity contribution is -0.325. The van der Waals surface area contributed by atoms with Gasteiger partial charge in [0.2, 0.25) is 5.72 Å². The zero-order valence-electron chi connectivity index (χ0n) is 10.5. The molecule has 106 valence electrons. The first-order valence-corrected chi connectivity index (χ1v) is 5.94. The Kier molecular flexibility index (Phi) is 3.88. The van der Waals surface area contributed by atoms with E-state index in [0.717, 1.165) is 5.56 Å². The maximum atomic E-state index is 11.6. The number of carbonyl (C=O) groups excluding carboxylic acids is 3. The Morgan fingerprint density at radius 3 is 2.60 bits per heavy atom. The number of rotatable bonds is 4. The molecule has 0 aliphatic carbocycles. The molecular formula is C13H12NO6-. The fraction of sp³-hybridized carbons (Fsp3) is 0.308. The van der Waals surface area contributed by atoms with E-state index in [9.17, 15) is 19.5 Å². The SMILES string of the molecule is O=C1CC[C@@](NC(=O)OCc2ccccc2)(C(=O)[O-])O1. The summed E-state index contributed by atoms with van der Waals surface area (Å²) in [6.07, 6.45) is -1.28. The average Bonchev–Trinajstić information content (AvgIpc) is 2.80. The van der Waals surface area contributed by atoms with Gasteiger partial charge < -0.3 is 19.4 Å². The summed E-state index contributed by atoms with van der Waals surface area (Å²) >= 11 is 0. The number of hydrogen-bond donors (Lipinski definition) is 1. The van der Waals surface area contributed by atoms with E-state index in [0.29, 0.717) is 0 Å². The molecule has 1 aromatic carbocycles. The summed E-state index contributed by atoms with van der Waals surface area (Å²) in [5.41, 5.74) is -1.39. The minimum atomic E-state index is -2.13. The monoisotopic (exact) mass is 278 g/mol. The van der Waals surface area contributed by atoms with Crippen LogP contribution in [0.25, 0.3) is 0 Å². The molecule has 2 rings (SSSR count). The second-order valence-electron chi connectivity index (χ2n) is 4.28. The summed E-state index contributed by atoms with van der Waals surface area (Å²) in [4.78, 5) is 33.6. The highest BCUT2D eigenvalue weighted by Gasteiger charge is 2.44. The van der Waals surface area contributed by atoms with Crippen LogP contribution < -0.4 is 10.4 Å². The van der Waals surface area contributed by atoms with Crippen LogP contribution in [0.2, 0.25) is 0 Å². The number of aliphatic carboxylic acids is 1. The van der Waals surface area contributed by atoms with Crippen LogP contribution in [0.1, 0.15) is 18.4 Å². The third kappa shape index (κ3) is 3.05. The van der Waals surface area contributed by atoms with E-state index in [-0.39, 0.29) is 19.4 Å². The van der Waals surface area contributed by atoms with Gasteiger partial charge in [0.15, 0.2) is 0 Å². The Morgan fingerprint density at radius 1 is 1.35 bits per heavy atom. The predicted molar refractivity (Wildman–Crippen MR) is 62.8 cm³/mol. The highest BCUT2D eigenvalue weighted by molar-refractivity contribution is 5.87. The molecule has 0 bridgehead atoms. The molecule has 1 amide bonds. The van der Waals surface area contributed by atoms with Crippen molar-refractivity contribution in [3.05, 3.63) is 35.9 Å². The topological polar surface area (TPSA) is 105 Å². The smallest absolute Gasteiger partial charge is 0.410 e. The molecule has 0 aromatic heterocycles. The summed E-state index contributed by atoms with van der Waals surface area (Å²) in [6, 6.07) is 8.86. The molecular weight excluding hydrogens is 266 g/mol. The molecule has 20 heavy (non-hydrogen) atoms. The maximum absolute atomic E-state index is 11.6. The fourth-order valence-corrected chi connectivity index (χ4v) is 1.78. The Hall–Kier alpha value is -2.57. The van der Waals surface area contributed by atoms with Gasteiger partial charge in [0, 0.05) is 6.42 Å². The zero-order valence-corrected chi connectivity index (χ0v) is 10.5. The molecule has 1 N–H and O–H groups in total. The number of carboxylic acid groups (broad SMARTS) is 1. The molecule has 1 atom stereocenters. The Morgan fingerprint density at radius 2 is 2.05 bits per heavy atom. The maximum Gasteiger partial charge on any atom is 0.410 e. The van der Waals surface area contributed by atoms with Crippen molar-refractivity contribution in [2.75, 3.05) is 0 Å². The van der Waals surface area contributed by atoms with Gasteiger partial charge >= 0.3 is 12.1 Å². The van der Waals surface area contributed by atoms with Gasteiger partial charge in [0.05, 0.1) is 6.42 Å². The van der Waals surface area contributed by atoms with Gasteiger partial charge in [-0.2, -0.15) is 0 Å². The van der Waals surface area contributed by atoms with Gasteiger partial charge in [-0.3, -0.25) is 10.1 Å². The van der Waals surface area contributed by atoms with Crippen molar-refractivity contribution in [3.63, 3.8) is 0 Å². The Balaban J connectivity index is 1.93. The first-order valence-electron chi connectivity index (χ1n) is 5.94. The van der Waals surface area contributed by atoms with Crippen LogP contribution in [0.3, 0.4) is 0 Å². The van der Waals surface area contributed by atoms with Gasteiger partial charge in [-0.15, -0.1) is 0 Å². The Bertz CT molecular complexity index is 529. The van der Waals surface area contributed by atoms with Crippen LogP contribution in [-0.4, -0.2) is 23.8 Å². The van der Waals surface area contributed by atoms with Crippen molar-refractivity contribution < 1.29 is 29.0 Å². The van der Waals surface area contributed by atoms with E-state index in [1.165, 1.54) is 0 Å². The van der Waals surface area contributed by atoms with Crippen molar-refractivity contribution in [3.8, 4) is 0 Å². The Labute approximate surface area is 114 Å². The first-order chi connectivity index (χ1) is 9.52. The molecule has 7 heteroatoms. The van der Waals surface area contributed by atoms with Crippen molar-refractivity contribution in [1.82, 2.24) is 5.32 Å². The molecule has 1 heterocycles. The molecule has 1 aromatic rings. The van der Waals surface area contributed by atoms with E-state index >= 15 is 0 Å². The molecule has 0 saturated carbocycles. The second kappa shape index (κ2) is 5.60. The highest BCUT2D eigenvalue weighted by Crippen LogP contribution is 2.23. The predicted octanol–water partition coefficient (Wildman–Crippen LogP) is -0.304. The van der Waals surface area contributed by atoms with Gasteiger partial charge in [-0.1, -0.05) is 30.3 Å². The number of hydrogen-bond acceptors (Lipinski definition) is 6. The number of cyclic esters (lactones) is 1. The number of carbonyl (C=O) groups is 3. The van der Waals surface area contributed by atoms with Crippen LogP contribution in [0, 0.1) is 0 Å². The van der Waals surface area contributed by atoms with Crippen molar-refractivity contribution >= 4 is 18.0 Å². The molecule has 1 aliphatic rings. The number of esters is 1. The standard InChI is InChI=1S/C13H13NO6/c15-10-6-7-13(20-10,11(16)17)14-12(18)19-8-9-4-2-1-3-5-9/h1-5H,6-8H2,(H,14,18)(H,16,17)/p-1/t13-/m0/s1. The highest BCUT2D eigenvalue weighted by atomic mass is 16.6. The summed E-state index contributed by atoms with van der Waals surface area (Å²) in [5, 5.41) is 13.0. The van der Waals surface area contributed by atoms with E-state index in [2.05, 4.69) is 4.74 Å². The van der Waals surface area contributed by atoms with Crippen LogP contribution in [-0.2, 0) is 25.7 Å². The number of amides is 1. The van der Waals surface area contributed by atoms with Gasteiger partial charge in [0.1, 0.15) is 12.6 Å². The lowest BCUT2D eigenvalue weighted by atomic mass is 10.1. The lowest BCUT2D eigenvalue weighted by Crippen LogP contribution is -2.60. The summed E-state index contributed by atoms with van der Waals surface area (Å²) < 4.78 is 9.49. The minimum absolute atomic E-state index is 0.0241. The fourth-order valence-electron chi connectivity index (χ4n) is 1.78. The van der Waals surface area contributed by atoms with Crippen molar-refractivity contribution in [2.24, 2.45) is 0 Å². The lowest BCUT2D eigenvalue weighted by Gasteiger charge is -2.28. The molecule has 7 nitrogen and oxygen atoms in total. The van der Waals surface area contributed by atoms with Crippen molar-refractivity contribution in [2.45, 2.75) is 25.2 Å². The van der Waals surface area contributed by atoms with Gasteiger partial charge in [0.25, 0.3) is 0 Å². The minimum Gasteiger partial charge on any atom is -0.544 e. The van der Waals surface area contributed by atoms with Crippen molar-refractivity contribution in [1.29, 1.82) is 0 Å². The van der Waals surface area contributed by atoms with Gasteiger partial charge in [-0.05, 0) is 5.56 Å². The zero-order chi connectivity index (χ0) is 14.6. The number of ether oxygens (including phenoxy) is 2. The number of carboxylic acids is 1. The average molecular weight is 278 g/mol. The summed E-state index contributed by atoms with van der Waals surface area (Å²) in [6.45, 7) is -0.0241. The van der Waals surface area contributed by atoms with Crippen LogP contribution in [0.4, 0.5) is 4.79 Å². The normalized spacial score (nSPS) is 21.1. The van der Waals surface area contributed by atoms with E-state index < -0.39 is 23.8 Å². The largest absolute Gasteiger partial charge is 0.544 e. The van der Waals surface area contributed by atoms with Crippen LogP contribution in [0.5, 0.6) is 0 Å². The van der Waals surface area contributed by atoms with Crippen LogP contribution >= 0.6 is 0 Å². The summed E-state index contributed by atoms with van der Waals surface area (Å²) in [7, 11) is 0. The van der Waals surface area contributed by atoms with E-state index in [4.69, 9.17) is 4.74 Å². The third-order valence-electron chi connectivity index (χ3n) is 2.82. The molecule has 1 saturated heterocycles. The second-order valence-corrected chi connectivity index (χ2v) is 4.28. The van der Waals surface area contributed by atoms with Crippen LogP contribution in [0.15, 0.2) is 30.3 Å². The van der Waals surface area contributed by atoms with Gasteiger partial charge in [-0.25, -0.2) is 4.79 Å². The van der Waals surface area contributed by atoms with E-state index in [1.54, 1.807) is 24.3 Å². The molecule has 1 fully saturated rings. The van der Waals surface area contributed by atoms with E-state index in [1.807, 2.05) is 11.4 Å². The molecule has 0 radical (unpaired) electrons. The molecule has 1 aliphatic heterocycles. The number of nitrogens with one attached hydrogen (secondary N) is 1. The first kappa shape index (κ1) is 13.9. The summed E-state index contributed by atoms with van der Waals surface area (Å²) in [5.74, 6) is -2.39. The molecule has 0 spiro atoms.